The lowest BCUT2D eigenvalue weighted by molar-refractivity contribution is -0.116. The maximum absolute atomic E-state index is 12.4. The minimum atomic E-state index is 0. The number of anilines is 2. The average molecular weight is 428 g/mol. The third-order valence-corrected chi connectivity index (χ3v) is 5.41. The van der Waals surface area contributed by atoms with Gasteiger partial charge in [-0.2, -0.15) is 11.8 Å². The van der Waals surface area contributed by atoms with E-state index in [1.165, 1.54) is 17.1 Å². The highest BCUT2D eigenvalue weighted by molar-refractivity contribution is 7.99. The molecular formula is C20H27Cl2N3OS. The summed E-state index contributed by atoms with van der Waals surface area (Å²) in [5.74, 6) is 2.41. The molecule has 27 heavy (non-hydrogen) atoms. The lowest BCUT2D eigenvalue weighted by atomic mass is 10.1. The first-order chi connectivity index (χ1) is 12.2. The Morgan fingerprint density at radius 2 is 1.63 bits per heavy atom. The lowest BCUT2D eigenvalue weighted by Gasteiger charge is -2.27. The van der Waals surface area contributed by atoms with Gasteiger partial charge in [-0.3, -0.25) is 9.69 Å². The quantitative estimate of drug-likeness (QED) is 0.676. The number of nitrogens with one attached hydrogen (secondary N) is 1. The van der Waals surface area contributed by atoms with Gasteiger partial charge in [-0.15, -0.1) is 24.8 Å². The second kappa shape index (κ2) is 12.1. The Morgan fingerprint density at radius 1 is 1.00 bits per heavy atom. The largest absolute Gasteiger partial charge is 0.399 e. The molecule has 4 nitrogen and oxygen atoms in total. The van der Waals surface area contributed by atoms with Gasteiger partial charge in [0.25, 0.3) is 0 Å². The average Bonchev–Trinajstić information content (AvgIpc) is 2.64. The zero-order valence-electron chi connectivity index (χ0n) is 15.2. The Morgan fingerprint density at radius 3 is 2.33 bits per heavy atom. The highest BCUT2D eigenvalue weighted by Crippen LogP contribution is 2.20. The summed E-state index contributed by atoms with van der Waals surface area (Å²) in [5.41, 5.74) is 9.83. The molecule has 0 bridgehead atoms. The van der Waals surface area contributed by atoms with E-state index in [4.69, 9.17) is 5.73 Å². The Kier molecular flexibility index (Phi) is 10.6. The van der Waals surface area contributed by atoms with E-state index in [0.717, 1.165) is 36.6 Å². The molecular weight excluding hydrogens is 401 g/mol. The summed E-state index contributed by atoms with van der Waals surface area (Å²) in [5, 5.41) is 3.08. The van der Waals surface area contributed by atoms with Crippen molar-refractivity contribution in [2.45, 2.75) is 19.4 Å². The first-order valence-electron chi connectivity index (χ1n) is 8.73. The van der Waals surface area contributed by atoms with Gasteiger partial charge in [-0.05, 0) is 29.7 Å². The zero-order valence-corrected chi connectivity index (χ0v) is 17.7. The van der Waals surface area contributed by atoms with Gasteiger partial charge in [0.05, 0.1) is 0 Å². The molecule has 148 valence electrons. The molecule has 3 N–H and O–H groups in total. The van der Waals surface area contributed by atoms with Crippen LogP contribution < -0.4 is 11.1 Å². The highest BCUT2D eigenvalue weighted by atomic mass is 35.5. The molecule has 1 heterocycles. The number of rotatable bonds is 6. The first kappa shape index (κ1) is 23.6. The smallest absolute Gasteiger partial charge is 0.224 e. The Bertz CT molecular complexity index is 724. The van der Waals surface area contributed by atoms with Gasteiger partial charge in [0, 0.05) is 48.9 Å². The Hall–Kier alpha value is -1.40. The number of hydrogen-bond acceptors (Lipinski definition) is 4. The molecule has 0 aromatic heterocycles. The van der Waals surface area contributed by atoms with Crippen LogP contribution in [0.5, 0.6) is 0 Å². The maximum atomic E-state index is 12.4. The maximum Gasteiger partial charge on any atom is 0.224 e. The van der Waals surface area contributed by atoms with Crippen LogP contribution in [0, 0.1) is 0 Å². The summed E-state index contributed by atoms with van der Waals surface area (Å²) < 4.78 is 0. The monoisotopic (exact) mass is 427 g/mol. The van der Waals surface area contributed by atoms with Gasteiger partial charge in [0.2, 0.25) is 5.91 Å². The molecule has 0 unspecified atom stereocenters. The van der Waals surface area contributed by atoms with Crippen molar-refractivity contribution in [3.63, 3.8) is 0 Å². The summed E-state index contributed by atoms with van der Waals surface area (Å²) in [6.45, 7) is 3.11. The number of hydrogen-bond donors (Lipinski definition) is 2. The van der Waals surface area contributed by atoms with Gasteiger partial charge >= 0.3 is 0 Å². The van der Waals surface area contributed by atoms with Crippen molar-refractivity contribution in [2.75, 3.05) is 35.6 Å². The SMILES string of the molecule is Cl.Cl.Nc1ccccc1CCC(=O)Nc1ccccc1CN1CCSCC1. The summed E-state index contributed by atoms with van der Waals surface area (Å²) in [4.78, 5) is 14.8. The first-order valence-corrected chi connectivity index (χ1v) is 9.89. The van der Waals surface area contributed by atoms with Gasteiger partial charge in [0.1, 0.15) is 0 Å². The number of benzene rings is 2. The number of para-hydroxylation sites is 2. The lowest BCUT2D eigenvalue weighted by Crippen LogP contribution is -2.32. The topological polar surface area (TPSA) is 58.4 Å². The molecule has 0 aliphatic carbocycles. The van der Waals surface area contributed by atoms with Crippen LogP contribution in [-0.4, -0.2) is 35.4 Å². The van der Waals surface area contributed by atoms with Crippen molar-refractivity contribution in [3.8, 4) is 0 Å². The summed E-state index contributed by atoms with van der Waals surface area (Å²) in [6.07, 6.45) is 1.09. The number of nitrogen functional groups attached to an aromatic ring is 1. The van der Waals surface area contributed by atoms with E-state index in [-0.39, 0.29) is 30.7 Å². The molecule has 1 amide bonds. The molecule has 7 heteroatoms. The third kappa shape index (κ3) is 7.26. The van der Waals surface area contributed by atoms with Crippen LogP contribution >= 0.6 is 36.6 Å². The fourth-order valence-electron chi connectivity index (χ4n) is 3.00. The second-order valence-corrected chi connectivity index (χ2v) is 7.52. The van der Waals surface area contributed by atoms with Gasteiger partial charge in [0.15, 0.2) is 0 Å². The van der Waals surface area contributed by atoms with Crippen molar-refractivity contribution in [2.24, 2.45) is 0 Å². The van der Waals surface area contributed by atoms with E-state index in [1.807, 2.05) is 54.2 Å². The Balaban J connectivity index is 0.00000182. The van der Waals surface area contributed by atoms with Crippen LogP contribution in [0.15, 0.2) is 48.5 Å². The molecule has 1 aliphatic heterocycles. The summed E-state index contributed by atoms with van der Waals surface area (Å²) in [6, 6.07) is 15.8. The molecule has 1 aliphatic rings. The molecule has 0 saturated carbocycles. The Labute approximate surface area is 178 Å². The van der Waals surface area contributed by atoms with E-state index in [1.54, 1.807) is 0 Å². The minimum Gasteiger partial charge on any atom is -0.399 e. The van der Waals surface area contributed by atoms with Crippen LogP contribution in [0.2, 0.25) is 0 Å². The van der Waals surface area contributed by atoms with Crippen molar-refractivity contribution < 1.29 is 4.79 Å². The van der Waals surface area contributed by atoms with E-state index < -0.39 is 0 Å². The van der Waals surface area contributed by atoms with Crippen LogP contribution in [0.3, 0.4) is 0 Å². The number of amides is 1. The van der Waals surface area contributed by atoms with E-state index in [0.29, 0.717) is 12.8 Å². The number of carbonyl (C=O) groups excluding carboxylic acids is 1. The van der Waals surface area contributed by atoms with Gasteiger partial charge in [-0.25, -0.2) is 0 Å². The number of nitrogens with two attached hydrogens (primary N) is 1. The van der Waals surface area contributed by atoms with Crippen LogP contribution in [0.4, 0.5) is 11.4 Å². The van der Waals surface area contributed by atoms with E-state index in [9.17, 15) is 4.79 Å². The predicted molar refractivity (Wildman–Crippen MR) is 121 cm³/mol. The molecule has 2 aromatic rings. The number of halogens is 2. The van der Waals surface area contributed by atoms with Crippen molar-refractivity contribution >= 4 is 53.9 Å². The molecule has 1 fully saturated rings. The fraction of sp³-hybridized carbons (Fsp3) is 0.350. The highest BCUT2D eigenvalue weighted by Gasteiger charge is 2.14. The minimum absolute atomic E-state index is 0. The van der Waals surface area contributed by atoms with Gasteiger partial charge in [-0.1, -0.05) is 36.4 Å². The normalized spacial score (nSPS) is 13.9. The second-order valence-electron chi connectivity index (χ2n) is 6.29. The van der Waals surface area contributed by atoms with Crippen LogP contribution in [-0.2, 0) is 17.8 Å². The molecule has 1 saturated heterocycles. The molecule has 0 spiro atoms. The zero-order chi connectivity index (χ0) is 17.5. The fourth-order valence-corrected chi connectivity index (χ4v) is 3.98. The number of aryl methyl sites for hydroxylation is 1. The van der Waals surface area contributed by atoms with Crippen LogP contribution in [0.25, 0.3) is 0 Å². The number of thioether (sulfide) groups is 1. The van der Waals surface area contributed by atoms with Crippen LogP contribution in [0.1, 0.15) is 17.5 Å². The molecule has 0 radical (unpaired) electrons. The number of carbonyl (C=O) groups is 1. The molecule has 2 aromatic carbocycles. The molecule has 3 rings (SSSR count). The third-order valence-electron chi connectivity index (χ3n) is 4.47. The van der Waals surface area contributed by atoms with E-state index in [2.05, 4.69) is 16.3 Å². The number of nitrogens with zero attached hydrogens (tertiary/aromatic N) is 1. The van der Waals surface area contributed by atoms with Crippen molar-refractivity contribution in [1.29, 1.82) is 0 Å². The van der Waals surface area contributed by atoms with Crippen molar-refractivity contribution in [3.05, 3.63) is 59.7 Å². The summed E-state index contributed by atoms with van der Waals surface area (Å²) >= 11 is 2.01. The summed E-state index contributed by atoms with van der Waals surface area (Å²) in [7, 11) is 0. The van der Waals surface area contributed by atoms with Gasteiger partial charge < -0.3 is 11.1 Å². The standard InChI is InChI=1S/C20H25N3OS.2ClH/c21-18-7-3-1-5-16(18)9-10-20(24)22-19-8-4-2-6-17(19)15-23-11-13-25-14-12-23;;/h1-8H,9-15,21H2,(H,22,24);2*1H. The van der Waals surface area contributed by atoms with Crippen molar-refractivity contribution in [1.82, 2.24) is 4.90 Å². The molecule has 0 atom stereocenters. The van der Waals surface area contributed by atoms with E-state index >= 15 is 0 Å². The predicted octanol–water partition coefficient (Wildman–Crippen LogP) is 4.23.